The van der Waals surface area contributed by atoms with Crippen molar-refractivity contribution in [3.05, 3.63) is 23.6 Å². The summed E-state index contributed by atoms with van der Waals surface area (Å²) < 4.78 is 14.5. The van der Waals surface area contributed by atoms with Gasteiger partial charge in [0, 0.05) is 6.04 Å². The molecule has 1 aliphatic rings. The molecule has 1 rings (SSSR count). The van der Waals surface area contributed by atoms with Gasteiger partial charge in [-0.2, -0.15) is 0 Å². The maximum absolute atomic E-state index is 14.5. The number of likely N-dealkylation sites (N-methyl/N-ethyl adjacent to an activating group) is 1. The van der Waals surface area contributed by atoms with E-state index in [0.29, 0.717) is 5.57 Å². The normalized spacial score (nSPS) is 20.4. The van der Waals surface area contributed by atoms with Crippen LogP contribution in [0.2, 0.25) is 0 Å². The topological polar surface area (TPSA) is 23.5 Å². The van der Waals surface area contributed by atoms with Gasteiger partial charge >= 0.3 is 0 Å². The SMILES string of the molecule is CC/C=C(C#CC(C)(O)C1CC1)\C(F)=C/C(C)N(C)CCC. The molecule has 0 aliphatic heterocycles. The van der Waals surface area contributed by atoms with Crippen LogP contribution in [0.5, 0.6) is 0 Å². The van der Waals surface area contributed by atoms with Crippen LogP contribution in [0.3, 0.4) is 0 Å². The lowest BCUT2D eigenvalue weighted by molar-refractivity contribution is 0.0980. The van der Waals surface area contributed by atoms with Crippen molar-refractivity contribution in [1.29, 1.82) is 0 Å². The summed E-state index contributed by atoms with van der Waals surface area (Å²) >= 11 is 0. The van der Waals surface area contributed by atoms with E-state index in [9.17, 15) is 9.50 Å². The van der Waals surface area contributed by atoms with Crippen molar-refractivity contribution in [3.63, 3.8) is 0 Å². The van der Waals surface area contributed by atoms with Crippen molar-refractivity contribution in [2.45, 2.75) is 65.0 Å². The first-order valence-electron chi connectivity index (χ1n) is 8.35. The number of allylic oxidation sites excluding steroid dienone is 3. The Bertz CT molecular complexity index is 477. The standard InChI is InChI=1S/C19H30FNO/c1-6-8-16(11-12-19(4,22)17-9-10-17)18(20)14-15(3)21(5)13-7-2/h8,14-15,17,22H,6-7,9-10,13H2,1-5H3/b16-8-,18-14+. The molecular formula is C19H30FNO. The predicted molar refractivity (Wildman–Crippen MR) is 91.1 cm³/mol. The predicted octanol–water partition coefficient (Wildman–Crippen LogP) is 4.07. The summed E-state index contributed by atoms with van der Waals surface area (Å²) in [5.74, 6) is 5.66. The van der Waals surface area contributed by atoms with E-state index < -0.39 is 5.60 Å². The molecule has 0 spiro atoms. The molecule has 2 nitrogen and oxygen atoms in total. The minimum atomic E-state index is -1.00. The second-order valence-electron chi connectivity index (χ2n) is 6.43. The Morgan fingerprint density at radius 2 is 2.09 bits per heavy atom. The van der Waals surface area contributed by atoms with Crippen LogP contribution in [0, 0.1) is 17.8 Å². The molecule has 1 aliphatic carbocycles. The zero-order valence-electron chi connectivity index (χ0n) is 14.6. The monoisotopic (exact) mass is 307 g/mol. The van der Waals surface area contributed by atoms with Crippen molar-refractivity contribution < 1.29 is 9.50 Å². The highest BCUT2D eigenvalue weighted by molar-refractivity contribution is 5.44. The highest BCUT2D eigenvalue weighted by Crippen LogP contribution is 2.39. The minimum absolute atomic E-state index is 0.0194. The van der Waals surface area contributed by atoms with Gasteiger partial charge in [-0.25, -0.2) is 4.39 Å². The van der Waals surface area contributed by atoms with Gasteiger partial charge in [0.1, 0.15) is 11.4 Å². The first-order chi connectivity index (χ1) is 10.3. The highest BCUT2D eigenvalue weighted by Gasteiger charge is 2.38. The summed E-state index contributed by atoms with van der Waals surface area (Å²) in [5, 5.41) is 10.2. The van der Waals surface area contributed by atoms with Crippen LogP contribution in [0.4, 0.5) is 4.39 Å². The van der Waals surface area contributed by atoms with Gasteiger partial charge in [-0.1, -0.05) is 31.8 Å². The second kappa shape index (κ2) is 8.50. The van der Waals surface area contributed by atoms with Gasteiger partial charge in [-0.3, -0.25) is 0 Å². The molecule has 0 heterocycles. The molecule has 0 bridgehead atoms. The summed E-state index contributed by atoms with van der Waals surface area (Å²) in [6.45, 7) is 8.70. The maximum Gasteiger partial charge on any atom is 0.136 e. The largest absolute Gasteiger partial charge is 0.378 e. The Balaban J connectivity index is 2.86. The van der Waals surface area contributed by atoms with Crippen LogP contribution in [0.25, 0.3) is 0 Å². The molecule has 0 radical (unpaired) electrons. The van der Waals surface area contributed by atoms with Gasteiger partial charge in [0.2, 0.25) is 0 Å². The van der Waals surface area contributed by atoms with Crippen LogP contribution in [-0.2, 0) is 0 Å². The number of rotatable bonds is 7. The Hall–Kier alpha value is -1.11. The lowest BCUT2D eigenvalue weighted by atomic mass is 10.0. The second-order valence-corrected chi connectivity index (χ2v) is 6.43. The van der Waals surface area contributed by atoms with Crippen molar-refractivity contribution in [3.8, 4) is 11.8 Å². The third kappa shape index (κ3) is 5.94. The molecule has 0 aromatic carbocycles. The van der Waals surface area contributed by atoms with E-state index >= 15 is 0 Å². The third-order valence-corrected chi connectivity index (χ3v) is 4.15. The van der Waals surface area contributed by atoms with E-state index in [4.69, 9.17) is 0 Å². The fraction of sp³-hybridized carbons (Fsp3) is 0.684. The van der Waals surface area contributed by atoms with Crippen molar-refractivity contribution >= 4 is 0 Å². The molecule has 3 heteroatoms. The van der Waals surface area contributed by atoms with Crippen LogP contribution in [0.1, 0.15) is 53.4 Å². The average molecular weight is 307 g/mol. The number of hydrogen-bond donors (Lipinski definition) is 1. The van der Waals surface area contributed by atoms with E-state index in [1.165, 1.54) is 0 Å². The van der Waals surface area contributed by atoms with E-state index in [1.807, 2.05) is 20.9 Å². The summed E-state index contributed by atoms with van der Waals surface area (Å²) in [7, 11) is 1.99. The van der Waals surface area contributed by atoms with Gasteiger partial charge in [0.15, 0.2) is 0 Å². The maximum atomic E-state index is 14.5. The molecule has 1 N–H and O–H groups in total. The molecular weight excluding hydrogens is 277 g/mol. The quantitative estimate of drug-likeness (QED) is 0.566. The number of aliphatic hydroxyl groups is 1. The Kier molecular flexibility index (Phi) is 7.32. The summed E-state index contributed by atoms with van der Waals surface area (Å²) in [5.41, 5.74) is -0.613. The van der Waals surface area contributed by atoms with E-state index in [0.717, 1.165) is 32.2 Å². The lowest BCUT2D eigenvalue weighted by Gasteiger charge is -2.21. The van der Waals surface area contributed by atoms with E-state index in [2.05, 4.69) is 23.7 Å². The Morgan fingerprint density at radius 3 is 2.59 bits per heavy atom. The average Bonchev–Trinajstić information content (AvgIpc) is 3.28. The fourth-order valence-electron chi connectivity index (χ4n) is 2.34. The fourth-order valence-corrected chi connectivity index (χ4v) is 2.34. The highest BCUT2D eigenvalue weighted by atomic mass is 19.1. The number of halogens is 1. The van der Waals surface area contributed by atoms with Crippen molar-refractivity contribution in [1.82, 2.24) is 4.90 Å². The Morgan fingerprint density at radius 1 is 1.45 bits per heavy atom. The summed E-state index contributed by atoms with van der Waals surface area (Å²) in [6, 6.07) is 0.0194. The first-order valence-corrected chi connectivity index (χ1v) is 8.35. The number of hydrogen-bond acceptors (Lipinski definition) is 2. The first kappa shape index (κ1) is 18.9. The molecule has 124 valence electrons. The smallest absolute Gasteiger partial charge is 0.136 e. The van der Waals surface area contributed by atoms with Gasteiger partial charge in [0.25, 0.3) is 0 Å². The summed E-state index contributed by atoms with van der Waals surface area (Å²) in [6.07, 6.45) is 7.16. The van der Waals surface area contributed by atoms with E-state index in [-0.39, 0.29) is 17.8 Å². The molecule has 22 heavy (non-hydrogen) atoms. The van der Waals surface area contributed by atoms with Gasteiger partial charge in [-0.15, -0.1) is 0 Å². The minimum Gasteiger partial charge on any atom is -0.378 e. The van der Waals surface area contributed by atoms with Crippen LogP contribution in [-0.4, -0.2) is 35.2 Å². The molecule has 0 aromatic rings. The zero-order valence-corrected chi connectivity index (χ0v) is 14.6. The molecule has 1 fully saturated rings. The summed E-state index contributed by atoms with van der Waals surface area (Å²) in [4.78, 5) is 2.11. The zero-order chi connectivity index (χ0) is 16.8. The molecule has 0 amide bonds. The van der Waals surface area contributed by atoms with Crippen molar-refractivity contribution in [2.24, 2.45) is 5.92 Å². The third-order valence-electron chi connectivity index (χ3n) is 4.15. The molecule has 2 atom stereocenters. The molecule has 0 aromatic heterocycles. The number of nitrogens with zero attached hydrogens (tertiary/aromatic N) is 1. The lowest BCUT2D eigenvalue weighted by Crippen LogP contribution is -2.28. The van der Waals surface area contributed by atoms with Crippen LogP contribution >= 0.6 is 0 Å². The molecule has 1 saturated carbocycles. The van der Waals surface area contributed by atoms with E-state index in [1.54, 1.807) is 19.1 Å². The van der Waals surface area contributed by atoms with Gasteiger partial charge < -0.3 is 10.0 Å². The van der Waals surface area contributed by atoms with Gasteiger partial charge in [0.05, 0.1) is 5.57 Å². The van der Waals surface area contributed by atoms with Gasteiger partial charge in [-0.05, 0) is 65.1 Å². The Labute approximate surface area is 135 Å². The van der Waals surface area contributed by atoms with Crippen molar-refractivity contribution in [2.75, 3.05) is 13.6 Å². The molecule has 2 unspecified atom stereocenters. The van der Waals surface area contributed by atoms with Crippen LogP contribution < -0.4 is 0 Å². The molecule has 0 saturated heterocycles. The van der Waals surface area contributed by atoms with Crippen LogP contribution in [0.15, 0.2) is 23.6 Å².